The Morgan fingerprint density at radius 3 is 2.55 bits per heavy atom. The zero-order chi connectivity index (χ0) is 14.7. The second kappa shape index (κ2) is 6.09. The number of halogens is 1. The highest BCUT2D eigenvalue weighted by Crippen LogP contribution is 2.25. The van der Waals surface area contributed by atoms with Crippen molar-refractivity contribution in [1.82, 2.24) is 0 Å². The molecule has 0 aliphatic rings. The van der Waals surface area contributed by atoms with Crippen LogP contribution in [-0.4, -0.2) is 11.1 Å². The number of carbonyl (C=O) groups is 1. The van der Waals surface area contributed by atoms with Gasteiger partial charge in [0.15, 0.2) is 6.04 Å². The molecule has 0 aliphatic carbocycles. The summed E-state index contributed by atoms with van der Waals surface area (Å²) in [5.74, 6) is -0.895. The number of hydrogen-bond acceptors (Lipinski definition) is 2. The van der Waals surface area contributed by atoms with Crippen LogP contribution in [0.3, 0.4) is 0 Å². The third kappa shape index (κ3) is 3.39. The maximum absolute atomic E-state index is 11.5. The van der Waals surface area contributed by atoms with Crippen LogP contribution in [0.5, 0.6) is 0 Å². The van der Waals surface area contributed by atoms with Crippen LogP contribution in [0.25, 0.3) is 0 Å². The van der Waals surface area contributed by atoms with Gasteiger partial charge in [0.05, 0.1) is 0 Å². The predicted molar refractivity (Wildman–Crippen MR) is 84.1 cm³/mol. The van der Waals surface area contributed by atoms with Crippen LogP contribution >= 0.6 is 15.9 Å². The van der Waals surface area contributed by atoms with Gasteiger partial charge in [-0.3, -0.25) is 0 Å². The molecule has 0 saturated heterocycles. The van der Waals surface area contributed by atoms with Crippen molar-refractivity contribution in [2.45, 2.75) is 19.9 Å². The monoisotopic (exact) mass is 333 g/mol. The van der Waals surface area contributed by atoms with Gasteiger partial charge in [-0.2, -0.15) is 0 Å². The predicted octanol–water partition coefficient (Wildman–Crippen LogP) is 4.30. The lowest BCUT2D eigenvalue weighted by Gasteiger charge is -2.17. The first kappa shape index (κ1) is 14.6. The number of carboxylic acids is 1. The lowest BCUT2D eigenvalue weighted by atomic mass is 10.0. The van der Waals surface area contributed by atoms with Gasteiger partial charge in [0.25, 0.3) is 0 Å². The van der Waals surface area contributed by atoms with Crippen LogP contribution in [0.15, 0.2) is 46.9 Å². The fraction of sp³-hybridized carbons (Fsp3) is 0.188. The molecule has 2 rings (SSSR count). The van der Waals surface area contributed by atoms with Crippen molar-refractivity contribution in [1.29, 1.82) is 0 Å². The number of rotatable bonds is 4. The summed E-state index contributed by atoms with van der Waals surface area (Å²) in [4.78, 5) is 11.5. The molecule has 0 aliphatic heterocycles. The Morgan fingerprint density at radius 1 is 1.20 bits per heavy atom. The maximum Gasteiger partial charge on any atom is 0.330 e. The molecule has 20 heavy (non-hydrogen) atoms. The molecule has 0 fully saturated rings. The number of aryl methyl sites for hydroxylation is 2. The van der Waals surface area contributed by atoms with Crippen LogP contribution < -0.4 is 5.32 Å². The molecule has 1 unspecified atom stereocenters. The topological polar surface area (TPSA) is 49.3 Å². The van der Waals surface area contributed by atoms with Crippen molar-refractivity contribution in [3.8, 4) is 0 Å². The third-order valence-electron chi connectivity index (χ3n) is 3.09. The zero-order valence-electron chi connectivity index (χ0n) is 11.4. The van der Waals surface area contributed by atoms with E-state index in [0.29, 0.717) is 0 Å². The normalized spacial score (nSPS) is 11.9. The average Bonchev–Trinajstić information content (AvgIpc) is 2.39. The minimum absolute atomic E-state index is 0.736. The number of carboxylic acid groups (broad SMARTS) is 1. The van der Waals surface area contributed by atoms with Gasteiger partial charge >= 0.3 is 5.97 Å². The molecule has 0 spiro atoms. The standard InChI is InChI=1S/C16H16BrNO2/c1-10-4-3-5-13(8-10)18-15(16(19)20)12-6-7-14(17)11(2)9-12/h3-9,15,18H,1-2H3,(H,19,20). The van der Waals surface area contributed by atoms with E-state index in [1.807, 2.05) is 56.3 Å². The van der Waals surface area contributed by atoms with Gasteiger partial charge in [-0.05, 0) is 48.7 Å². The molecule has 3 nitrogen and oxygen atoms in total. The molecule has 104 valence electrons. The molecule has 4 heteroatoms. The maximum atomic E-state index is 11.5. The van der Waals surface area contributed by atoms with Gasteiger partial charge in [0.2, 0.25) is 0 Å². The van der Waals surface area contributed by atoms with Crippen molar-refractivity contribution < 1.29 is 9.90 Å². The number of anilines is 1. The third-order valence-corrected chi connectivity index (χ3v) is 3.98. The highest BCUT2D eigenvalue weighted by atomic mass is 79.9. The summed E-state index contributed by atoms with van der Waals surface area (Å²) in [6, 6.07) is 12.5. The molecule has 2 N–H and O–H groups in total. The van der Waals surface area contributed by atoms with E-state index in [-0.39, 0.29) is 0 Å². The van der Waals surface area contributed by atoms with E-state index in [0.717, 1.165) is 26.9 Å². The molecule has 0 radical (unpaired) electrons. The van der Waals surface area contributed by atoms with Crippen molar-refractivity contribution in [2.24, 2.45) is 0 Å². The highest BCUT2D eigenvalue weighted by molar-refractivity contribution is 9.10. The molecular formula is C16H16BrNO2. The van der Waals surface area contributed by atoms with Crippen LogP contribution in [0.1, 0.15) is 22.7 Å². The molecule has 0 saturated carbocycles. The minimum atomic E-state index is -0.895. The minimum Gasteiger partial charge on any atom is -0.479 e. The Morgan fingerprint density at radius 2 is 1.95 bits per heavy atom. The lowest BCUT2D eigenvalue weighted by molar-refractivity contribution is -0.138. The first-order chi connectivity index (χ1) is 9.47. The molecular weight excluding hydrogens is 318 g/mol. The fourth-order valence-electron chi connectivity index (χ4n) is 2.04. The molecule has 0 bridgehead atoms. The lowest BCUT2D eigenvalue weighted by Crippen LogP contribution is -2.20. The summed E-state index contributed by atoms with van der Waals surface area (Å²) in [7, 11) is 0. The summed E-state index contributed by atoms with van der Waals surface area (Å²) in [6.45, 7) is 3.92. The molecule has 0 amide bonds. The van der Waals surface area contributed by atoms with E-state index in [9.17, 15) is 9.90 Å². The summed E-state index contributed by atoms with van der Waals surface area (Å²) in [6.07, 6.45) is 0. The number of nitrogens with one attached hydrogen (secondary N) is 1. The Bertz CT molecular complexity index is 640. The van der Waals surface area contributed by atoms with Gasteiger partial charge in [-0.25, -0.2) is 4.79 Å². The summed E-state index contributed by atoms with van der Waals surface area (Å²) in [5.41, 5.74) is 3.64. The molecule has 2 aromatic rings. The first-order valence-corrected chi connectivity index (χ1v) is 7.09. The largest absolute Gasteiger partial charge is 0.479 e. The van der Waals surface area contributed by atoms with Gasteiger partial charge in [0, 0.05) is 10.2 Å². The van der Waals surface area contributed by atoms with Crippen LogP contribution in [0, 0.1) is 13.8 Å². The van der Waals surface area contributed by atoms with Crippen LogP contribution in [-0.2, 0) is 4.79 Å². The highest BCUT2D eigenvalue weighted by Gasteiger charge is 2.20. The second-order valence-corrected chi connectivity index (χ2v) is 5.65. The summed E-state index contributed by atoms with van der Waals surface area (Å²) >= 11 is 3.42. The zero-order valence-corrected chi connectivity index (χ0v) is 12.9. The van der Waals surface area contributed by atoms with Gasteiger partial charge in [0.1, 0.15) is 0 Å². The first-order valence-electron chi connectivity index (χ1n) is 6.29. The van der Waals surface area contributed by atoms with Gasteiger partial charge < -0.3 is 10.4 Å². The molecule has 2 aromatic carbocycles. The molecule has 0 aromatic heterocycles. The van der Waals surface area contributed by atoms with Gasteiger partial charge in [-0.1, -0.05) is 40.2 Å². The van der Waals surface area contributed by atoms with Crippen molar-refractivity contribution >= 4 is 27.6 Å². The summed E-state index contributed by atoms with van der Waals surface area (Å²) in [5, 5.41) is 12.5. The van der Waals surface area contributed by atoms with E-state index in [4.69, 9.17) is 0 Å². The number of hydrogen-bond donors (Lipinski definition) is 2. The fourth-order valence-corrected chi connectivity index (χ4v) is 2.28. The van der Waals surface area contributed by atoms with E-state index in [2.05, 4.69) is 21.2 Å². The summed E-state index contributed by atoms with van der Waals surface area (Å²) < 4.78 is 0.973. The smallest absolute Gasteiger partial charge is 0.330 e. The Balaban J connectivity index is 2.32. The van der Waals surface area contributed by atoms with E-state index >= 15 is 0 Å². The van der Waals surface area contributed by atoms with Crippen molar-refractivity contribution in [3.05, 3.63) is 63.6 Å². The molecule has 0 heterocycles. The van der Waals surface area contributed by atoms with Crippen molar-refractivity contribution in [2.75, 3.05) is 5.32 Å². The van der Waals surface area contributed by atoms with Crippen LogP contribution in [0.4, 0.5) is 5.69 Å². The molecule has 1 atom stereocenters. The number of aliphatic carboxylic acids is 1. The number of benzene rings is 2. The Hall–Kier alpha value is -1.81. The Labute approximate surface area is 126 Å². The van der Waals surface area contributed by atoms with Gasteiger partial charge in [-0.15, -0.1) is 0 Å². The Kier molecular flexibility index (Phi) is 4.45. The van der Waals surface area contributed by atoms with E-state index in [1.165, 1.54) is 0 Å². The van der Waals surface area contributed by atoms with E-state index in [1.54, 1.807) is 0 Å². The average molecular weight is 334 g/mol. The van der Waals surface area contributed by atoms with E-state index < -0.39 is 12.0 Å². The second-order valence-electron chi connectivity index (χ2n) is 4.79. The van der Waals surface area contributed by atoms with Crippen molar-refractivity contribution in [3.63, 3.8) is 0 Å². The van der Waals surface area contributed by atoms with Crippen LogP contribution in [0.2, 0.25) is 0 Å². The quantitative estimate of drug-likeness (QED) is 0.876. The SMILES string of the molecule is Cc1cccc(NC(C(=O)O)c2ccc(Br)c(C)c2)c1.